The van der Waals surface area contributed by atoms with Crippen molar-refractivity contribution in [2.75, 3.05) is 45.2 Å². The predicted molar refractivity (Wildman–Crippen MR) is 103 cm³/mol. The van der Waals surface area contributed by atoms with Crippen molar-refractivity contribution in [2.45, 2.75) is 11.4 Å². The van der Waals surface area contributed by atoms with Crippen LogP contribution in [-0.4, -0.2) is 53.7 Å². The van der Waals surface area contributed by atoms with E-state index >= 15 is 0 Å². The van der Waals surface area contributed by atoms with Crippen molar-refractivity contribution < 1.29 is 13.2 Å². The molecule has 1 heterocycles. The molecule has 1 N–H and O–H groups in total. The van der Waals surface area contributed by atoms with E-state index in [9.17, 15) is 8.42 Å². The first-order valence-electron chi connectivity index (χ1n) is 8.64. The number of hydrogen-bond acceptors (Lipinski definition) is 5. The lowest BCUT2D eigenvalue weighted by Crippen LogP contribution is -2.44. The van der Waals surface area contributed by atoms with Gasteiger partial charge in [-0.2, -0.15) is 0 Å². The summed E-state index contributed by atoms with van der Waals surface area (Å²) in [6, 6.07) is 14.4. The van der Waals surface area contributed by atoms with Crippen molar-refractivity contribution >= 4 is 15.7 Å². The summed E-state index contributed by atoms with van der Waals surface area (Å²) in [5.41, 5.74) is 2.11. The lowest BCUT2D eigenvalue weighted by molar-refractivity contribution is 0.313. The van der Waals surface area contributed by atoms with Crippen molar-refractivity contribution in [1.29, 1.82) is 0 Å². The second-order valence-electron chi connectivity index (χ2n) is 6.46. The van der Waals surface area contributed by atoms with E-state index in [4.69, 9.17) is 4.74 Å². The average Bonchev–Trinajstić information content (AvgIpc) is 2.67. The van der Waals surface area contributed by atoms with Crippen LogP contribution in [0.5, 0.6) is 5.75 Å². The van der Waals surface area contributed by atoms with Gasteiger partial charge in [-0.05, 0) is 49.0 Å². The van der Waals surface area contributed by atoms with Gasteiger partial charge in [-0.3, -0.25) is 0 Å². The third-order valence-corrected chi connectivity index (χ3v) is 6.06. The minimum Gasteiger partial charge on any atom is -0.497 e. The van der Waals surface area contributed by atoms with Gasteiger partial charge in [-0.1, -0.05) is 12.1 Å². The smallest absolute Gasteiger partial charge is 0.240 e. The molecule has 1 aliphatic rings. The first kappa shape index (κ1) is 18.7. The molecule has 6 nitrogen and oxygen atoms in total. The number of nitrogens with one attached hydrogen (secondary N) is 1. The third-order valence-electron chi connectivity index (χ3n) is 4.64. The Hall–Kier alpha value is -2.09. The molecule has 1 saturated heterocycles. The van der Waals surface area contributed by atoms with Gasteiger partial charge < -0.3 is 14.5 Å². The maximum Gasteiger partial charge on any atom is 0.240 e. The van der Waals surface area contributed by atoms with Crippen molar-refractivity contribution in [1.82, 2.24) is 9.62 Å². The first-order chi connectivity index (χ1) is 12.5. The number of hydrogen-bond donors (Lipinski definition) is 1. The van der Waals surface area contributed by atoms with Gasteiger partial charge in [0, 0.05) is 38.4 Å². The number of rotatable bonds is 6. The Kier molecular flexibility index (Phi) is 5.80. The first-order valence-corrected chi connectivity index (χ1v) is 10.1. The molecule has 0 aromatic heterocycles. The number of ether oxygens (including phenoxy) is 1. The summed E-state index contributed by atoms with van der Waals surface area (Å²) in [7, 11) is 0.142. The zero-order valence-electron chi connectivity index (χ0n) is 15.2. The normalized spacial score (nSPS) is 15.8. The summed E-state index contributed by atoms with van der Waals surface area (Å²) >= 11 is 0. The highest BCUT2D eigenvalue weighted by Crippen LogP contribution is 2.18. The zero-order valence-corrected chi connectivity index (χ0v) is 16.0. The van der Waals surface area contributed by atoms with E-state index in [-0.39, 0.29) is 11.4 Å². The molecule has 1 fully saturated rings. The van der Waals surface area contributed by atoms with Crippen LogP contribution in [0.4, 0.5) is 5.69 Å². The molecule has 7 heteroatoms. The fraction of sp³-hybridized carbons (Fsp3) is 0.368. The van der Waals surface area contributed by atoms with E-state index in [0.717, 1.165) is 31.7 Å². The van der Waals surface area contributed by atoms with E-state index in [2.05, 4.69) is 33.7 Å². The van der Waals surface area contributed by atoms with Crippen molar-refractivity contribution in [3.8, 4) is 5.75 Å². The lowest BCUT2D eigenvalue weighted by atomic mass is 10.2. The van der Waals surface area contributed by atoms with Crippen LogP contribution in [0.2, 0.25) is 0 Å². The highest BCUT2D eigenvalue weighted by Gasteiger charge is 2.15. The topological polar surface area (TPSA) is 61.9 Å². The lowest BCUT2D eigenvalue weighted by Gasteiger charge is -2.34. The Morgan fingerprint density at radius 1 is 0.962 bits per heavy atom. The van der Waals surface area contributed by atoms with Crippen LogP contribution >= 0.6 is 0 Å². The number of nitrogens with zero attached hydrogens (tertiary/aromatic N) is 2. The molecular formula is C19H25N3O3S. The van der Waals surface area contributed by atoms with E-state index in [1.165, 1.54) is 17.8 Å². The molecule has 0 bridgehead atoms. The molecule has 0 aliphatic carbocycles. The van der Waals surface area contributed by atoms with Gasteiger partial charge in [-0.25, -0.2) is 13.1 Å². The van der Waals surface area contributed by atoms with Crippen LogP contribution in [0.25, 0.3) is 0 Å². The molecule has 0 radical (unpaired) electrons. The monoisotopic (exact) mass is 375 g/mol. The number of benzene rings is 2. The molecule has 2 aromatic carbocycles. The van der Waals surface area contributed by atoms with Crippen molar-refractivity contribution in [2.24, 2.45) is 0 Å². The van der Waals surface area contributed by atoms with Crippen LogP contribution in [0.1, 0.15) is 5.56 Å². The van der Waals surface area contributed by atoms with Gasteiger partial charge >= 0.3 is 0 Å². The molecule has 2 aromatic rings. The van der Waals surface area contributed by atoms with Crippen LogP contribution in [0.3, 0.4) is 0 Å². The second-order valence-corrected chi connectivity index (χ2v) is 8.22. The summed E-state index contributed by atoms with van der Waals surface area (Å²) in [4.78, 5) is 4.90. The average molecular weight is 375 g/mol. The number of sulfonamides is 1. The van der Waals surface area contributed by atoms with Gasteiger partial charge in [-0.15, -0.1) is 0 Å². The quantitative estimate of drug-likeness (QED) is 0.836. The van der Waals surface area contributed by atoms with Gasteiger partial charge in [0.15, 0.2) is 0 Å². The van der Waals surface area contributed by atoms with Crippen LogP contribution in [0, 0.1) is 0 Å². The maximum atomic E-state index is 12.4. The Labute approximate surface area is 155 Å². The standard InChI is InChI=1S/C19H25N3O3S/c1-21-11-13-22(14-12-21)17-5-3-16(4-6-17)15-20-26(23,24)19-9-7-18(25-2)8-10-19/h3-10,20H,11-15H2,1-2H3. The molecule has 0 unspecified atom stereocenters. The summed E-state index contributed by atoms with van der Waals surface area (Å²) in [5, 5.41) is 0. The number of anilines is 1. The molecule has 1 aliphatic heterocycles. The van der Waals surface area contributed by atoms with Crippen LogP contribution in [0.15, 0.2) is 53.4 Å². The summed E-state index contributed by atoms with van der Waals surface area (Å²) in [6.07, 6.45) is 0. The fourth-order valence-electron chi connectivity index (χ4n) is 2.91. The van der Waals surface area contributed by atoms with E-state index in [0.29, 0.717) is 5.75 Å². The minimum atomic E-state index is -3.54. The van der Waals surface area contributed by atoms with Gasteiger partial charge in [0.2, 0.25) is 10.0 Å². The van der Waals surface area contributed by atoms with Gasteiger partial charge in [0.05, 0.1) is 12.0 Å². The highest BCUT2D eigenvalue weighted by molar-refractivity contribution is 7.89. The summed E-state index contributed by atoms with van der Waals surface area (Å²) in [6.45, 7) is 4.41. The third kappa shape index (κ3) is 4.55. The Bertz CT molecular complexity index is 812. The van der Waals surface area contributed by atoms with Crippen molar-refractivity contribution in [3.63, 3.8) is 0 Å². The molecular weight excluding hydrogens is 350 g/mol. The van der Waals surface area contributed by atoms with E-state index in [1.54, 1.807) is 19.2 Å². The molecule has 26 heavy (non-hydrogen) atoms. The Balaban J connectivity index is 1.60. The van der Waals surface area contributed by atoms with E-state index in [1.807, 2.05) is 12.1 Å². The predicted octanol–water partition coefficient (Wildman–Crippen LogP) is 1.93. The highest BCUT2D eigenvalue weighted by atomic mass is 32.2. The molecule has 140 valence electrons. The fourth-order valence-corrected chi connectivity index (χ4v) is 3.92. The van der Waals surface area contributed by atoms with Gasteiger partial charge in [0.1, 0.15) is 5.75 Å². The molecule has 0 amide bonds. The molecule has 3 rings (SSSR count). The van der Waals surface area contributed by atoms with E-state index < -0.39 is 10.0 Å². The largest absolute Gasteiger partial charge is 0.497 e. The Morgan fingerprint density at radius 3 is 2.15 bits per heavy atom. The van der Waals surface area contributed by atoms with Crippen LogP contribution < -0.4 is 14.4 Å². The number of piperazine rings is 1. The zero-order chi connectivity index (χ0) is 18.6. The molecule has 0 spiro atoms. The van der Waals surface area contributed by atoms with Crippen molar-refractivity contribution in [3.05, 3.63) is 54.1 Å². The minimum absolute atomic E-state index is 0.229. The molecule has 0 atom stereocenters. The maximum absolute atomic E-state index is 12.4. The SMILES string of the molecule is COc1ccc(S(=O)(=O)NCc2ccc(N3CCN(C)CC3)cc2)cc1. The Morgan fingerprint density at radius 2 is 1.58 bits per heavy atom. The van der Waals surface area contributed by atoms with Gasteiger partial charge in [0.25, 0.3) is 0 Å². The summed E-state index contributed by atoms with van der Waals surface area (Å²) < 4.78 is 32.5. The van der Waals surface area contributed by atoms with Crippen LogP contribution in [-0.2, 0) is 16.6 Å². The number of methoxy groups -OCH3 is 1. The second kappa shape index (κ2) is 8.07. The summed E-state index contributed by atoms with van der Waals surface area (Å²) in [5.74, 6) is 0.628. The number of likely N-dealkylation sites (N-methyl/N-ethyl adjacent to an activating group) is 1. The molecule has 0 saturated carbocycles.